The third-order valence-electron chi connectivity index (χ3n) is 6.77. The van der Waals surface area contributed by atoms with E-state index >= 15 is 0 Å². The molecule has 2 fully saturated rings. The van der Waals surface area contributed by atoms with Gasteiger partial charge in [0, 0.05) is 17.0 Å². The summed E-state index contributed by atoms with van der Waals surface area (Å²) in [6.07, 6.45) is 4.49. The Balaban J connectivity index is 1.36. The number of nitrogens with zero attached hydrogens (tertiary/aromatic N) is 3. The molecular formula is C26H26ClN5O3. The van der Waals surface area contributed by atoms with Crippen LogP contribution in [0.1, 0.15) is 49.8 Å². The van der Waals surface area contributed by atoms with E-state index in [1.807, 2.05) is 36.4 Å². The number of halogens is 1. The maximum absolute atomic E-state index is 13.2. The molecule has 4 amide bonds. The first-order chi connectivity index (χ1) is 16.8. The molecule has 2 aliphatic rings. The summed E-state index contributed by atoms with van der Waals surface area (Å²) < 4.78 is 1.70. The third kappa shape index (κ3) is 4.41. The molecule has 180 valence electrons. The van der Waals surface area contributed by atoms with Crippen LogP contribution in [0, 0.1) is 0 Å². The summed E-state index contributed by atoms with van der Waals surface area (Å²) in [5.41, 5.74) is 1.07. The lowest BCUT2D eigenvalue weighted by atomic mass is 9.92. The smallest absolute Gasteiger partial charge is 0.319 e. The second-order valence-electron chi connectivity index (χ2n) is 9.18. The Bertz CT molecular complexity index is 1270. The molecule has 1 aromatic heterocycles. The Labute approximate surface area is 208 Å². The van der Waals surface area contributed by atoms with Crippen molar-refractivity contribution in [3.63, 3.8) is 0 Å². The number of nitrogens with one attached hydrogen (secondary N) is 2. The normalized spacial score (nSPS) is 20.3. The minimum atomic E-state index is -1.27. The lowest BCUT2D eigenvalue weighted by Gasteiger charge is -2.22. The molecule has 2 heterocycles. The zero-order chi connectivity index (χ0) is 24.6. The van der Waals surface area contributed by atoms with E-state index in [1.165, 1.54) is 12.8 Å². The number of benzene rings is 2. The molecule has 0 radical (unpaired) electrons. The van der Waals surface area contributed by atoms with Crippen LogP contribution in [0.3, 0.4) is 0 Å². The summed E-state index contributed by atoms with van der Waals surface area (Å²) in [5, 5.41) is 10.9. The van der Waals surface area contributed by atoms with E-state index in [2.05, 4.69) is 10.6 Å². The summed E-state index contributed by atoms with van der Waals surface area (Å²) >= 11 is 5.96. The molecule has 2 aromatic carbocycles. The van der Waals surface area contributed by atoms with Crippen LogP contribution in [0.5, 0.6) is 0 Å². The van der Waals surface area contributed by atoms with E-state index in [9.17, 15) is 14.4 Å². The SMILES string of the molecule is CC1(c2ccc(Cl)cc2)NC(=O)N(CC(=O)Nc2cc(C3CCCC3)nn2-c2ccccc2)C1=O. The van der Waals surface area contributed by atoms with Crippen LogP contribution < -0.4 is 10.6 Å². The van der Waals surface area contributed by atoms with E-state index in [0.29, 0.717) is 22.3 Å². The first kappa shape index (κ1) is 23.1. The molecule has 1 atom stereocenters. The number of rotatable bonds is 6. The zero-order valence-corrected chi connectivity index (χ0v) is 20.1. The van der Waals surface area contributed by atoms with Gasteiger partial charge < -0.3 is 10.6 Å². The van der Waals surface area contributed by atoms with Gasteiger partial charge in [-0.15, -0.1) is 0 Å². The van der Waals surface area contributed by atoms with Gasteiger partial charge in [-0.1, -0.05) is 54.8 Å². The minimum Gasteiger partial charge on any atom is -0.319 e. The van der Waals surface area contributed by atoms with Gasteiger partial charge in [-0.05, 0) is 49.6 Å². The highest BCUT2D eigenvalue weighted by Gasteiger charge is 2.49. The number of para-hydroxylation sites is 1. The second-order valence-corrected chi connectivity index (χ2v) is 9.62. The number of carbonyl (C=O) groups excluding carboxylic acids is 3. The number of imide groups is 1. The number of carbonyl (C=O) groups is 3. The number of hydrogen-bond acceptors (Lipinski definition) is 4. The molecule has 1 saturated carbocycles. The fourth-order valence-electron chi connectivity index (χ4n) is 4.82. The Kier molecular flexibility index (Phi) is 6.06. The standard InChI is InChI=1S/C26H26ClN5O3/c1-26(18-11-13-19(27)14-12-18)24(34)31(25(35)29-26)16-23(33)28-22-15-21(17-7-5-6-8-17)30-32(22)20-9-3-2-4-10-20/h2-4,9-15,17H,5-8,16H2,1H3,(H,28,33)(H,29,35). The molecule has 1 aliphatic heterocycles. The first-order valence-corrected chi connectivity index (χ1v) is 12.1. The van der Waals surface area contributed by atoms with Crippen LogP contribution in [0.4, 0.5) is 10.6 Å². The maximum atomic E-state index is 13.2. The van der Waals surface area contributed by atoms with Gasteiger partial charge in [0.1, 0.15) is 17.9 Å². The van der Waals surface area contributed by atoms with Crippen molar-refractivity contribution in [1.82, 2.24) is 20.0 Å². The predicted octanol–water partition coefficient (Wildman–Crippen LogP) is 4.59. The summed E-state index contributed by atoms with van der Waals surface area (Å²) in [6, 6.07) is 17.5. The van der Waals surface area contributed by atoms with E-state index in [1.54, 1.807) is 35.9 Å². The van der Waals surface area contributed by atoms with Crippen molar-refractivity contribution in [3.05, 3.63) is 76.9 Å². The quantitative estimate of drug-likeness (QED) is 0.493. The third-order valence-corrected chi connectivity index (χ3v) is 7.02. The molecule has 0 bridgehead atoms. The maximum Gasteiger partial charge on any atom is 0.325 e. The number of amides is 4. The zero-order valence-electron chi connectivity index (χ0n) is 19.3. The topological polar surface area (TPSA) is 96.3 Å². The van der Waals surface area contributed by atoms with Crippen LogP contribution in [0.25, 0.3) is 5.69 Å². The van der Waals surface area contributed by atoms with Gasteiger partial charge in [0.25, 0.3) is 5.91 Å². The predicted molar refractivity (Wildman–Crippen MR) is 132 cm³/mol. The van der Waals surface area contributed by atoms with Crippen molar-refractivity contribution < 1.29 is 14.4 Å². The molecule has 35 heavy (non-hydrogen) atoms. The highest BCUT2D eigenvalue weighted by molar-refractivity contribution is 6.30. The molecule has 2 N–H and O–H groups in total. The number of anilines is 1. The summed E-state index contributed by atoms with van der Waals surface area (Å²) in [5.74, 6) is -0.107. The fraction of sp³-hybridized carbons (Fsp3) is 0.308. The van der Waals surface area contributed by atoms with Gasteiger partial charge in [0.05, 0.1) is 11.4 Å². The van der Waals surface area contributed by atoms with Gasteiger partial charge in [0.15, 0.2) is 0 Å². The molecule has 1 aliphatic carbocycles. The Morgan fingerprint density at radius 2 is 1.80 bits per heavy atom. The van der Waals surface area contributed by atoms with E-state index in [-0.39, 0.29) is 0 Å². The van der Waals surface area contributed by atoms with Crippen LogP contribution in [0.2, 0.25) is 5.02 Å². The number of hydrogen-bond donors (Lipinski definition) is 2. The van der Waals surface area contributed by atoms with Crippen LogP contribution >= 0.6 is 11.6 Å². The van der Waals surface area contributed by atoms with Crippen LogP contribution in [-0.4, -0.2) is 39.1 Å². The van der Waals surface area contributed by atoms with Crippen molar-refractivity contribution in [1.29, 1.82) is 0 Å². The molecular weight excluding hydrogens is 466 g/mol. The van der Waals surface area contributed by atoms with Gasteiger partial charge in [-0.3, -0.25) is 14.5 Å². The highest BCUT2D eigenvalue weighted by Crippen LogP contribution is 2.35. The molecule has 5 rings (SSSR count). The summed E-state index contributed by atoms with van der Waals surface area (Å²) in [4.78, 5) is 39.8. The molecule has 3 aromatic rings. The molecule has 9 heteroatoms. The Hall–Kier alpha value is -3.65. The van der Waals surface area contributed by atoms with Crippen LogP contribution in [0.15, 0.2) is 60.7 Å². The molecule has 1 unspecified atom stereocenters. The average Bonchev–Trinajstić information content (AvgIpc) is 3.57. The lowest BCUT2D eigenvalue weighted by Crippen LogP contribution is -2.42. The lowest BCUT2D eigenvalue weighted by molar-refractivity contribution is -0.133. The van der Waals surface area contributed by atoms with Gasteiger partial charge >= 0.3 is 6.03 Å². The minimum absolute atomic E-state index is 0.363. The van der Waals surface area contributed by atoms with Crippen LogP contribution in [-0.2, 0) is 15.1 Å². The van der Waals surface area contributed by atoms with Crippen molar-refractivity contribution in [2.75, 3.05) is 11.9 Å². The monoisotopic (exact) mass is 491 g/mol. The largest absolute Gasteiger partial charge is 0.325 e. The van der Waals surface area contributed by atoms with E-state index in [4.69, 9.17) is 16.7 Å². The number of urea groups is 1. The first-order valence-electron chi connectivity index (χ1n) is 11.7. The summed E-state index contributed by atoms with van der Waals surface area (Å²) in [6.45, 7) is 1.21. The van der Waals surface area contributed by atoms with Gasteiger partial charge in [-0.2, -0.15) is 5.10 Å². The van der Waals surface area contributed by atoms with Crippen molar-refractivity contribution in [2.45, 2.75) is 44.1 Å². The fourth-order valence-corrected chi connectivity index (χ4v) is 4.95. The van der Waals surface area contributed by atoms with E-state index < -0.39 is 29.9 Å². The van der Waals surface area contributed by atoms with Crippen molar-refractivity contribution >= 4 is 35.3 Å². The Morgan fingerprint density at radius 3 is 2.49 bits per heavy atom. The second kappa shape index (κ2) is 9.19. The molecule has 8 nitrogen and oxygen atoms in total. The van der Waals surface area contributed by atoms with Crippen molar-refractivity contribution in [3.8, 4) is 5.69 Å². The molecule has 1 saturated heterocycles. The Morgan fingerprint density at radius 1 is 1.11 bits per heavy atom. The van der Waals surface area contributed by atoms with E-state index in [0.717, 1.165) is 29.1 Å². The van der Waals surface area contributed by atoms with Crippen molar-refractivity contribution in [2.24, 2.45) is 0 Å². The average molecular weight is 492 g/mol. The number of aromatic nitrogens is 2. The van der Waals surface area contributed by atoms with Gasteiger partial charge in [0.2, 0.25) is 5.91 Å². The highest BCUT2D eigenvalue weighted by atomic mass is 35.5. The molecule has 0 spiro atoms. The van der Waals surface area contributed by atoms with Gasteiger partial charge in [-0.25, -0.2) is 9.48 Å². The summed E-state index contributed by atoms with van der Waals surface area (Å²) in [7, 11) is 0.